The summed E-state index contributed by atoms with van der Waals surface area (Å²) in [5, 5.41) is 4.36. The van der Waals surface area contributed by atoms with Gasteiger partial charge in [-0.25, -0.2) is 0 Å². The van der Waals surface area contributed by atoms with Gasteiger partial charge in [-0.05, 0) is 44.6 Å². The molecule has 0 N–H and O–H groups in total. The Hall–Kier alpha value is -1.36. The molecule has 2 atom stereocenters. The SMILES string of the molecule is Cc1cnn(C[C@H]2CCCCN2C(=O)C[C@H]2CCCO2)c1. The molecule has 0 saturated carbocycles. The lowest BCUT2D eigenvalue weighted by Gasteiger charge is -2.36. The lowest BCUT2D eigenvalue weighted by Crippen LogP contribution is -2.46. The second kappa shape index (κ2) is 6.60. The fourth-order valence-corrected chi connectivity index (χ4v) is 3.42. The van der Waals surface area contributed by atoms with Crippen molar-refractivity contribution in [3.8, 4) is 0 Å². The molecule has 1 aromatic heterocycles. The third kappa shape index (κ3) is 3.64. The molecule has 21 heavy (non-hydrogen) atoms. The summed E-state index contributed by atoms with van der Waals surface area (Å²) in [5.74, 6) is 0.260. The highest BCUT2D eigenvalue weighted by Gasteiger charge is 2.29. The van der Waals surface area contributed by atoms with Gasteiger partial charge in [-0.1, -0.05) is 0 Å². The van der Waals surface area contributed by atoms with Crippen molar-refractivity contribution >= 4 is 5.91 Å². The molecule has 3 heterocycles. The van der Waals surface area contributed by atoms with Crippen molar-refractivity contribution < 1.29 is 9.53 Å². The van der Waals surface area contributed by atoms with Gasteiger partial charge < -0.3 is 9.64 Å². The number of hydrogen-bond acceptors (Lipinski definition) is 3. The van der Waals surface area contributed by atoms with Crippen LogP contribution in [0.5, 0.6) is 0 Å². The van der Waals surface area contributed by atoms with Crippen LogP contribution in [0.3, 0.4) is 0 Å². The second-order valence-corrected chi connectivity index (χ2v) is 6.32. The average Bonchev–Trinajstić information content (AvgIpc) is 3.11. The number of ether oxygens (including phenoxy) is 1. The molecule has 2 aliphatic heterocycles. The van der Waals surface area contributed by atoms with Gasteiger partial charge in [0.05, 0.1) is 31.3 Å². The van der Waals surface area contributed by atoms with Gasteiger partial charge in [0.1, 0.15) is 0 Å². The normalized spacial score (nSPS) is 26.2. The molecule has 1 amide bonds. The van der Waals surface area contributed by atoms with E-state index in [-0.39, 0.29) is 18.1 Å². The Kier molecular flexibility index (Phi) is 4.58. The quantitative estimate of drug-likeness (QED) is 0.854. The molecule has 2 aliphatic rings. The number of piperidine rings is 1. The maximum Gasteiger partial charge on any atom is 0.225 e. The van der Waals surface area contributed by atoms with Gasteiger partial charge in [-0.15, -0.1) is 0 Å². The summed E-state index contributed by atoms with van der Waals surface area (Å²) in [5.41, 5.74) is 1.17. The molecule has 3 rings (SSSR count). The van der Waals surface area contributed by atoms with E-state index < -0.39 is 0 Å². The van der Waals surface area contributed by atoms with E-state index in [4.69, 9.17) is 4.74 Å². The standard InChI is InChI=1S/C16H25N3O2/c1-13-10-17-18(11-13)12-14-5-2-3-7-19(14)16(20)9-15-6-4-8-21-15/h10-11,14-15H,2-9,12H2,1H3/t14-,15-/m1/s1. The second-order valence-electron chi connectivity index (χ2n) is 6.32. The molecule has 5 heteroatoms. The number of carbonyl (C=O) groups excluding carboxylic acids is 1. The Morgan fingerprint density at radius 1 is 1.38 bits per heavy atom. The first kappa shape index (κ1) is 14.6. The molecule has 2 saturated heterocycles. The van der Waals surface area contributed by atoms with Crippen molar-refractivity contribution in [2.75, 3.05) is 13.2 Å². The molecule has 0 aliphatic carbocycles. The molecule has 2 fully saturated rings. The molecule has 1 aromatic rings. The summed E-state index contributed by atoms with van der Waals surface area (Å²) >= 11 is 0. The van der Waals surface area contributed by atoms with Crippen LogP contribution >= 0.6 is 0 Å². The Morgan fingerprint density at radius 3 is 3.00 bits per heavy atom. The number of rotatable bonds is 4. The fraction of sp³-hybridized carbons (Fsp3) is 0.750. The lowest BCUT2D eigenvalue weighted by molar-refractivity contribution is -0.137. The summed E-state index contributed by atoms with van der Waals surface area (Å²) in [6.07, 6.45) is 10.1. The molecular weight excluding hydrogens is 266 g/mol. The topological polar surface area (TPSA) is 47.4 Å². The maximum absolute atomic E-state index is 12.6. The molecule has 0 bridgehead atoms. The highest BCUT2D eigenvalue weighted by Crippen LogP contribution is 2.22. The molecule has 0 radical (unpaired) electrons. The van der Waals surface area contributed by atoms with Gasteiger partial charge in [0.2, 0.25) is 5.91 Å². The molecule has 0 spiro atoms. The first-order valence-electron chi connectivity index (χ1n) is 8.12. The van der Waals surface area contributed by atoms with E-state index in [2.05, 4.69) is 16.2 Å². The first-order chi connectivity index (χ1) is 10.2. The third-order valence-electron chi connectivity index (χ3n) is 4.53. The number of aryl methyl sites for hydroxylation is 1. The zero-order chi connectivity index (χ0) is 14.7. The van der Waals surface area contributed by atoms with Crippen LogP contribution in [0.1, 0.15) is 44.1 Å². The Labute approximate surface area is 126 Å². The summed E-state index contributed by atoms with van der Waals surface area (Å²) in [7, 11) is 0. The minimum atomic E-state index is 0.145. The average molecular weight is 291 g/mol. The minimum Gasteiger partial charge on any atom is -0.378 e. The van der Waals surface area contributed by atoms with Crippen molar-refractivity contribution in [2.24, 2.45) is 0 Å². The highest BCUT2D eigenvalue weighted by molar-refractivity contribution is 5.77. The number of aromatic nitrogens is 2. The highest BCUT2D eigenvalue weighted by atomic mass is 16.5. The van der Waals surface area contributed by atoms with Gasteiger partial charge in [0, 0.05) is 19.3 Å². The molecule has 5 nitrogen and oxygen atoms in total. The Balaban J connectivity index is 1.61. The summed E-state index contributed by atoms with van der Waals surface area (Å²) < 4.78 is 7.58. The van der Waals surface area contributed by atoms with E-state index in [9.17, 15) is 4.79 Å². The number of likely N-dealkylation sites (tertiary alicyclic amines) is 1. The summed E-state index contributed by atoms with van der Waals surface area (Å²) in [6.45, 7) is 4.56. The zero-order valence-corrected chi connectivity index (χ0v) is 12.8. The van der Waals surface area contributed by atoms with E-state index in [1.807, 2.05) is 17.8 Å². The van der Waals surface area contributed by atoms with Crippen LogP contribution < -0.4 is 0 Å². The van der Waals surface area contributed by atoms with Crippen molar-refractivity contribution in [3.63, 3.8) is 0 Å². The number of carbonyl (C=O) groups is 1. The number of nitrogens with zero attached hydrogens (tertiary/aromatic N) is 3. The summed E-state index contributed by atoms with van der Waals surface area (Å²) in [6, 6.07) is 0.284. The van der Waals surface area contributed by atoms with Gasteiger partial charge in [0.15, 0.2) is 0 Å². The van der Waals surface area contributed by atoms with Gasteiger partial charge in [0.25, 0.3) is 0 Å². The minimum absolute atomic E-state index is 0.145. The van der Waals surface area contributed by atoms with Crippen molar-refractivity contribution in [1.29, 1.82) is 0 Å². The van der Waals surface area contributed by atoms with E-state index in [1.54, 1.807) is 0 Å². The van der Waals surface area contributed by atoms with Crippen LogP contribution in [-0.2, 0) is 16.1 Å². The maximum atomic E-state index is 12.6. The zero-order valence-electron chi connectivity index (χ0n) is 12.8. The van der Waals surface area contributed by atoms with E-state index >= 15 is 0 Å². The third-order valence-corrected chi connectivity index (χ3v) is 4.53. The van der Waals surface area contributed by atoms with Gasteiger partial charge >= 0.3 is 0 Å². The van der Waals surface area contributed by atoms with Crippen LogP contribution in [0.4, 0.5) is 0 Å². The monoisotopic (exact) mass is 291 g/mol. The first-order valence-corrected chi connectivity index (χ1v) is 8.12. The fourth-order valence-electron chi connectivity index (χ4n) is 3.42. The number of amides is 1. The van der Waals surface area contributed by atoms with Crippen LogP contribution in [0, 0.1) is 6.92 Å². The van der Waals surface area contributed by atoms with Crippen LogP contribution in [0.25, 0.3) is 0 Å². The van der Waals surface area contributed by atoms with Gasteiger partial charge in [-0.3, -0.25) is 9.48 Å². The van der Waals surface area contributed by atoms with E-state index in [0.29, 0.717) is 6.42 Å². The van der Waals surface area contributed by atoms with Crippen molar-refractivity contribution in [2.45, 2.75) is 64.1 Å². The predicted octanol–water partition coefficient (Wildman–Crippen LogP) is 2.14. The van der Waals surface area contributed by atoms with Crippen LogP contribution in [-0.4, -0.2) is 45.9 Å². The van der Waals surface area contributed by atoms with E-state index in [1.165, 1.54) is 12.0 Å². The van der Waals surface area contributed by atoms with Crippen LogP contribution in [0.2, 0.25) is 0 Å². The molecule has 0 aromatic carbocycles. The summed E-state index contributed by atoms with van der Waals surface area (Å²) in [4.78, 5) is 14.6. The smallest absolute Gasteiger partial charge is 0.225 e. The predicted molar refractivity (Wildman–Crippen MR) is 79.9 cm³/mol. The molecule has 116 valence electrons. The Morgan fingerprint density at radius 2 is 2.29 bits per heavy atom. The van der Waals surface area contributed by atoms with Gasteiger partial charge in [-0.2, -0.15) is 5.10 Å². The lowest BCUT2D eigenvalue weighted by atomic mass is 10.0. The Bertz CT molecular complexity index is 480. The largest absolute Gasteiger partial charge is 0.378 e. The van der Waals surface area contributed by atoms with Crippen molar-refractivity contribution in [1.82, 2.24) is 14.7 Å². The van der Waals surface area contributed by atoms with E-state index in [0.717, 1.165) is 45.4 Å². The van der Waals surface area contributed by atoms with Crippen LogP contribution in [0.15, 0.2) is 12.4 Å². The van der Waals surface area contributed by atoms with Crippen molar-refractivity contribution in [3.05, 3.63) is 18.0 Å². The number of hydrogen-bond donors (Lipinski definition) is 0. The molecule has 0 unspecified atom stereocenters. The molecular formula is C16H25N3O2.